The second-order valence-electron chi connectivity index (χ2n) is 4.73. The van der Waals surface area contributed by atoms with Crippen molar-refractivity contribution in [2.24, 2.45) is 0 Å². The Hall–Kier alpha value is -1.43. The number of hydrogen-bond acceptors (Lipinski definition) is 4. The summed E-state index contributed by atoms with van der Waals surface area (Å²) in [5.41, 5.74) is 2.77. The minimum absolute atomic E-state index is 0.0462. The standard InChI is InChI=1S/C16H14BrNO2S/c1-10-6-12(17)7-11(8-19)16(10)20-9-15-18-13-4-2-3-5-14(13)21-15/h2-7,19H,8-9H2,1H3. The molecule has 0 radical (unpaired) electrons. The van der Waals surface area contributed by atoms with Crippen LogP contribution in [0.3, 0.4) is 0 Å². The summed E-state index contributed by atoms with van der Waals surface area (Å²) in [7, 11) is 0. The van der Waals surface area contributed by atoms with E-state index in [1.165, 1.54) is 0 Å². The molecule has 0 amide bonds. The first-order valence-electron chi connectivity index (χ1n) is 6.54. The lowest BCUT2D eigenvalue weighted by atomic mass is 10.1. The highest BCUT2D eigenvalue weighted by Crippen LogP contribution is 2.30. The van der Waals surface area contributed by atoms with Crippen LogP contribution in [0.25, 0.3) is 10.2 Å². The summed E-state index contributed by atoms with van der Waals surface area (Å²) in [5.74, 6) is 0.736. The molecular formula is C16H14BrNO2S. The Balaban J connectivity index is 1.84. The lowest BCUT2D eigenvalue weighted by Gasteiger charge is -2.12. The van der Waals surface area contributed by atoms with Gasteiger partial charge in [-0.25, -0.2) is 4.98 Å². The number of aromatic nitrogens is 1. The number of halogens is 1. The highest BCUT2D eigenvalue weighted by Gasteiger charge is 2.10. The lowest BCUT2D eigenvalue weighted by Crippen LogP contribution is -2.00. The fourth-order valence-corrected chi connectivity index (χ4v) is 3.74. The van der Waals surface area contributed by atoms with Gasteiger partial charge in [-0.1, -0.05) is 28.1 Å². The second kappa shape index (κ2) is 6.13. The lowest BCUT2D eigenvalue weighted by molar-refractivity contribution is 0.258. The van der Waals surface area contributed by atoms with E-state index < -0.39 is 0 Å². The number of benzene rings is 2. The van der Waals surface area contributed by atoms with Gasteiger partial charge >= 0.3 is 0 Å². The number of thiazole rings is 1. The van der Waals surface area contributed by atoms with Crippen molar-refractivity contribution in [3.05, 3.63) is 57.0 Å². The number of nitrogens with zero attached hydrogens (tertiary/aromatic N) is 1. The first-order valence-corrected chi connectivity index (χ1v) is 8.15. The van der Waals surface area contributed by atoms with Gasteiger partial charge in [0, 0.05) is 10.0 Å². The molecule has 2 aromatic carbocycles. The number of para-hydroxylation sites is 1. The van der Waals surface area contributed by atoms with Gasteiger partial charge in [0.25, 0.3) is 0 Å². The van der Waals surface area contributed by atoms with E-state index in [2.05, 4.69) is 27.0 Å². The Bertz CT molecular complexity index is 752. The van der Waals surface area contributed by atoms with Crippen molar-refractivity contribution in [3.63, 3.8) is 0 Å². The predicted molar refractivity (Wildman–Crippen MR) is 88.8 cm³/mol. The van der Waals surface area contributed by atoms with Gasteiger partial charge in [-0.3, -0.25) is 0 Å². The van der Waals surface area contributed by atoms with Gasteiger partial charge in [0.2, 0.25) is 0 Å². The molecule has 3 aromatic rings. The number of aliphatic hydroxyl groups is 1. The van der Waals surface area contributed by atoms with Gasteiger partial charge in [-0.05, 0) is 36.8 Å². The first-order chi connectivity index (χ1) is 10.2. The van der Waals surface area contributed by atoms with Gasteiger partial charge in [0.1, 0.15) is 17.4 Å². The van der Waals surface area contributed by atoms with E-state index in [0.29, 0.717) is 6.61 Å². The molecule has 21 heavy (non-hydrogen) atoms. The number of aryl methyl sites for hydroxylation is 1. The average molecular weight is 364 g/mol. The molecule has 0 spiro atoms. The summed E-state index contributed by atoms with van der Waals surface area (Å²) < 4.78 is 8.00. The monoisotopic (exact) mass is 363 g/mol. The first kappa shape index (κ1) is 14.5. The van der Waals surface area contributed by atoms with E-state index in [1.807, 2.05) is 37.3 Å². The molecule has 0 fully saturated rings. The van der Waals surface area contributed by atoms with Crippen LogP contribution < -0.4 is 4.74 Å². The van der Waals surface area contributed by atoms with Crippen LogP contribution >= 0.6 is 27.3 Å². The van der Waals surface area contributed by atoms with Gasteiger partial charge in [-0.2, -0.15) is 0 Å². The minimum Gasteiger partial charge on any atom is -0.486 e. The molecule has 0 aliphatic carbocycles. The van der Waals surface area contributed by atoms with Crippen LogP contribution in [0.1, 0.15) is 16.1 Å². The van der Waals surface area contributed by atoms with Crippen LogP contribution in [-0.4, -0.2) is 10.1 Å². The molecule has 0 aliphatic rings. The Morgan fingerprint density at radius 1 is 1.29 bits per heavy atom. The predicted octanol–water partition coefficient (Wildman–Crippen LogP) is 4.44. The van der Waals surface area contributed by atoms with Crippen molar-refractivity contribution in [2.45, 2.75) is 20.1 Å². The number of hydrogen-bond donors (Lipinski definition) is 1. The van der Waals surface area contributed by atoms with Crippen molar-refractivity contribution in [1.29, 1.82) is 0 Å². The fraction of sp³-hybridized carbons (Fsp3) is 0.188. The van der Waals surface area contributed by atoms with E-state index in [9.17, 15) is 5.11 Å². The number of rotatable bonds is 4. The van der Waals surface area contributed by atoms with Crippen LogP contribution in [-0.2, 0) is 13.2 Å². The molecule has 3 nitrogen and oxygen atoms in total. The van der Waals surface area contributed by atoms with E-state index >= 15 is 0 Å². The summed E-state index contributed by atoms with van der Waals surface area (Å²) in [5, 5.41) is 10.4. The fourth-order valence-electron chi connectivity index (χ4n) is 2.24. The van der Waals surface area contributed by atoms with Crippen molar-refractivity contribution in [3.8, 4) is 5.75 Å². The SMILES string of the molecule is Cc1cc(Br)cc(CO)c1OCc1nc2ccccc2s1. The third kappa shape index (κ3) is 3.10. The number of aliphatic hydroxyl groups excluding tert-OH is 1. The summed E-state index contributed by atoms with van der Waals surface area (Å²) in [6, 6.07) is 11.9. The molecule has 1 N–H and O–H groups in total. The molecule has 3 rings (SSSR count). The third-order valence-electron chi connectivity index (χ3n) is 3.16. The van der Waals surface area contributed by atoms with Gasteiger partial charge < -0.3 is 9.84 Å². The van der Waals surface area contributed by atoms with Crippen LogP contribution in [0, 0.1) is 6.92 Å². The van der Waals surface area contributed by atoms with E-state index in [0.717, 1.165) is 36.6 Å². The number of fused-ring (bicyclic) bond motifs is 1. The molecule has 1 heterocycles. The molecular weight excluding hydrogens is 350 g/mol. The van der Waals surface area contributed by atoms with Gasteiger partial charge in [0.15, 0.2) is 0 Å². The largest absolute Gasteiger partial charge is 0.486 e. The highest BCUT2D eigenvalue weighted by atomic mass is 79.9. The van der Waals surface area contributed by atoms with E-state index in [1.54, 1.807) is 11.3 Å². The van der Waals surface area contributed by atoms with Crippen LogP contribution in [0.2, 0.25) is 0 Å². The van der Waals surface area contributed by atoms with Gasteiger partial charge in [0.05, 0.1) is 16.8 Å². The molecule has 0 saturated heterocycles. The molecule has 0 atom stereocenters. The average Bonchev–Trinajstić information content (AvgIpc) is 2.88. The molecule has 0 saturated carbocycles. The van der Waals surface area contributed by atoms with E-state index in [-0.39, 0.29) is 6.61 Å². The quantitative estimate of drug-likeness (QED) is 0.744. The van der Waals surface area contributed by atoms with Gasteiger partial charge in [-0.15, -0.1) is 11.3 Å². The van der Waals surface area contributed by atoms with Crippen molar-refractivity contribution < 1.29 is 9.84 Å². The highest BCUT2D eigenvalue weighted by molar-refractivity contribution is 9.10. The number of ether oxygens (including phenoxy) is 1. The molecule has 0 aliphatic heterocycles. The molecule has 108 valence electrons. The minimum atomic E-state index is -0.0462. The van der Waals surface area contributed by atoms with Crippen LogP contribution in [0.5, 0.6) is 5.75 Å². The Morgan fingerprint density at radius 2 is 2.10 bits per heavy atom. The molecule has 0 bridgehead atoms. The van der Waals surface area contributed by atoms with E-state index in [4.69, 9.17) is 4.74 Å². The summed E-state index contributed by atoms with van der Waals surface area (Å²) in [4.78, 5) is 4.55. The zero-order chi connectivity index (χ0) is 14.8. The van der Waals surface area contributed by atoms with Crippen LogP contribution in [0.15, 0.2) is 40.9 Å². The Labute approximate surface area is 135 Å². The zero-order valence-electron chi connectivity index (χ0n) is 11.5. The smallest absolute Gasteiger partial charge is 0.140 e. The summed E-state index contributed by atoms with van der Waals surface area (Å²) in [6.45, 7) is 2.34. The third-order valence-corrected chi connectivity index (χ3v) is 4.63. The Morgan fingerprint density at radius 3 is 2.86 bits per heavy atom. The molecule has 5 heteroatoms. The maximum Gasteiger partial charge on any atom is 0.140 e. The van der Waals surface area contributed by atoms with Crippen molar-refractivity contribution in [1.82, 2.24) is 4.98 Å². The van der Waals surface area contributed by atoms with Crippen LogP contribution in [0.4, 0.5) is 0 Å². The summed E-state index contributed by atoms with van der Waals surface area (Å²) in [6.07, 6.45) is 0. The second-order valence-corrected chi connectivity index (χ2v) is 6.76. The van der Waals surface area contributed by atoms with Crippen molar-refractivity contribution in [2.75, 3.05) is 0 Å². The summed E-state index contributed by atoms with van der Waals surface area (Å²) >= 11 is 5.06. The topological polar surface area (TPSA) is 42.4 Å². The van der Waals surface area contributed by atoms with Crippen molar-refractivity contribution >= 4 is 37.5 Å². The maximum atomic E-state index is 9.47. The zero-order valence-corrected chi connectivity index (χ0v) is 13.9. The normalized spacial score (nSPS) is 11.0. The molecule has 0 unspecified atom stereocenters. The molecule has 1 aromatic heterocycles. The maximum absolute atomic E-state index is 9.47. The Kier molecular flexibility index (Phi) is 4.24.